The Labute approximate surface area is 172 Å². The van der Waals surface area contributed by atoms with E-state index in [-0.39, 0.29) is 4.90 Å². The van der Waals surface area contributed by atoms with Crippen molar-refractivity contribution >= 4 is 33.6 Å². The fraction of sp³-hybridized carbons (Fsp3) is 0.381. The zero-order chi connectivity index (χ0) is 21.2. The summed E-state index contributed by atoms with van der Waals surface area (Å²) in [6, 6.07) is 10.4. The smallest absolute Gasteiger partial charge is 0.399 e. The summed E-state index contributed by atoms with van der Waals surface area (Å²) in [6.45, 7) is 11.7. The van der Waals surface area contributed by atoms with Gasteiger partial charge < -0.3 is 9.31 Å². The lowest BCUT2D eigenvalue weighted by atomic mass is 9.80. The predicted molar refractivity (Wildman–Crippen MR) is 114 cm³/mol. The van der Waals surface area contributed by atoms with Crippen LogP contribution in [0, 0.1) is 13.8 Å². The molecule has 1 fully saturated rings. The summed E-state index contributed by atoms with van der Waals surface area (Å²) < 4.78 is 40.4. The molecule has 1 aliphatic rings. The third kappa shape index (κ3) is 3.19. The molecule has 6 nitrogen and oxygen atoms in total. The molecule has 0 amide bonds. The number of nitrogens with zero attached hydrogens (tertiary/aromatic N) is 2. The summed E-state index contributed by atoms with van der Waals surface area (Å²) in [6.07, 6.45) is 1.58. The molecule has 8 heteroatoms. The molecule has 0 atom stereocenters. The first kappa shape index (κ1) is 20.1. The number of hydrogen-bond donors (Lipinski definition) is 0. The van der Waals surface area contributed by atoms with Crippen LogP contribution in [-0.4, -0.2) is 35.7 Å². The van der Waals surface area contributed by atoms with Gasteiger partial charge in [-0.15, -0.1) is 0 Å². The molecule has 0 spiro atoms. The van der Waals surface area contributed by atoms with E-state index in [9.17, 15) is 8.42 Å². The maximum Gasteiger partial charge on any atom is 0.498 e. The molecule has 3 aromatic rings. The van der Waals surface area contributed by atoms with Gasteiger partial charge in [0.2, 0.25) is 0 Å². The standard InChI is InChI=1S/C21H25BN2O4S/c1-14-7-10-16(11-8-14)29(25,26)24-13-17(19-18(24)12-9-15(2)23-19)22-27-20(3,4)21(5,6)28-22/h7-13H,1-6H3. The highest BCUT2D eigenvalue weighted by molar-refractivity contribution is 7.90. The second kappa shape index (κ2) is 6.42. The third-order valence-electron chi connectivity index (χ3n) is 5.87. The highest BCUT2D eigenvalue weighted by Gasteiger charge is 2.52. The van der Waals surface area contributed by atoms with Gasteiger partial charge in [0.25, 0.3) is 10.0 Å². The zero-order valence-electron chi connectivity index (χ0n) is 17.6. The molecule has 152 valence electrons. The van der Waals surface area contributed by atoms with Crippen molar-refractivity contribution in [1.82, 2.24) is 8.96 Å². The molecular weight excluding hydrogens is 387 g/mol. The van der Waals surface area contributed by atoms with Crippen molar-refractivity contribution in [3.8, 4) is 0 Å². The van der Waals surface area contributed by atoms with Crippen LogP contribution in [0.2, 0.25) is 0 Å². The number of hydrogen-bond acceptors (Lipinski definition) is 5. The number of aryl methyl sites for hydroxylation is 2. The Bertz CT molecular complexity index is 1180. The lowest BCUT2D eigenvalue weighted by molar-refractivity contribution is 0.00578. The van der Waals surface area contributed by atoms with Gasteiger partial charge in [-0.1, -0.05) is 17.7 Å². The highest BCUT2D eigenvalue weighted by Crippen LogP contribution is 2.37. The maximum atomic E-state index is 13.4. The van der Waals surface area contributed by atoms with Crippen molar-refractivity contribution < 1.29 is 17.7 Å². The molecule has 0 aliphatic carbocycles. The Morgan fingerprint density at radius 2 is 1.52 bits per heavy atom. The summed E-state index contributed by atoms with van der Waals surface area (Å²) in [5.74, 6) is 0. The number of fused-ring (bicyclic) bond motifs is 1. The number of aromatic nitrogens is 2. The van der Waals surface area contributed by atoms with Crippen LogP contribution >= 0.6 is 0 Å². The molecule has 1 aliphatic heterocycles. The normalized spacial score (nSPS) is 18.5. The summed E-state index contributed by atoms with van der Waals surface area (Å²) in [5, 5.41) is 0. The van der Waals surface area contributed by atoms with Gasteiger partial charge in [-0.3, -0.25) is 4.98 Å². The van der Waals surface area contributed by atoms with Gasteiger partial charge >= 0.3 is 7.12 Å². The van der Waals surface area contributed by atoms with E-state index < -0.39 is 28.3 Å². The number of benzene rings is 1. The Hall–Kier alpha value is -2.16. The summed E-state index contributed by atoms with van der Waals surface area (Å²) in [7, 11) is -4.50. The van der Waals surface area contributed by atoms with E-state index in [0.717, 1.165) is 11.3 Å². The third-order valence-corrected chi connectivity index (χ3v) is 7.55. The molecule has 3 heterocycles. The van der Waals surface area contributed by atoms with Gasteiger partial charge in [-0.2, -0.15) is 0 Å². The van der Waals surface area contributed by atoms with Crippen molar-refractivity contribution in [3.63, 3.8) is 0 Å². The molecule has 2 aromatic heterocycles. The number of pyridine rings is 1. The van der Waals surface area contributed by atoms with Crippen LogP contribution in [0.3, 0.4) is 0 Å². The average Bonchev–Trinajstić information content (AvgIpc) is 3.09. The Morgan fingerprint density at radius 1 is 0.931 bits per heavy atom. The second-order valence-electron chi connectivity index (χ2n) is 8.61. The molecule has 29 heavy (non-hydrogen) atoms. The van der Waals surface area contributed by atoms with Crippen LogP contribution in [0.4, 0.5) is 0 Å². The van der Waals surface area contributed by atoms with Gasteiger partial charge in [0, 0.05) is 17.4 Å². The van der Waals surface area contributed by atoms with E-state index in [1.165, 1.54) is 3.97 Å². The molecule has 0 bridgehead atoms. The van der Waals surface area contributed by atoms with Crippen molar-refractivity contribution in [2.45, 2.75) is 57.6 Å². The lowest BCUT2D eigenvalue weighted by Crippen LogP contribution is -2.41. The monoisotopic (exact) mass is 412 g/mol. The minimum atomic E-state index is -3.80. The fourth-order valence-electron chi connectivity index (χ4n) is 3.36. The van der Waals surface area contributed by atoms with Crippen molar-refractivity contribution in [3.05, 3.63) is 53.9 Å². The SMILES string of the molecule is Cc1ccc(S(=O)(=O)n2cc(B3OC(C)(C)C(C)(C)O3)c3nc(C)ccc32)cc1. The minimum Gasteiger partial charge on any atom is -0.399 e. The fourth-order valence-corrected chi connectivity index (χ4v) is 4.73. The molecule has 4 rings (SSSR count). The molecule has 0 radical (unpaired) electrons. The zero-order valence-corrected chi connectivity index (χ0v) is 18.4. The summed E-state index contributed by atoms with van der Waals surface area (Å²) in [5.41, 5.74) is 2.40. The summed E-state index contributed by atoms with van der Waals surface area (Å²) in [4.78, 5) is 4.84. The Morgan fingerprint density at radius 3 is 2.10 bits per heavy atom. The Kier molecular flexibility index (Phi) is 4.46. The van der Waals surface area contributed by atoms with E-state index in [0.29, 0.717) is 16.5 Å². The van der Waals surface area contributed by atoms with E-state index in [1.54, 1.807) is 42.6 Å². The largest absolute Gasteiger partial charge is 0.498 e. The maximum absolute atomic E-state index is 13.4. The molecule has 0 saturated carbocycles. The first-order chi connectivity index (χ1) is 13.4. The van der Waals surface area contributed by atoms with E-state index in [4.69, 9.17) is 9.31 Å². The van der Waals surface area contributed by atoms with Crippen molar-refractivity contribution in [1.29, 1.82) is 0 Å². The molecule has 1 aromatic carbocycles. The van der Waals surface area contributed by atoms with Gasteiger partial charge in [-0.25, -0.2) is 12.4 Å². The van der Waals surface area contributed by atoms with Crippen LogP contribution in [0.15, 0.2) is 47.5 Å². The first-order valence-corrected chi connectivity index (χ1v) is 11.0. The molecule has 0 N–H and O–H groups in total. The molecule has 1 saturated heterocycles. The van der Waals surface area contributed by atoms with Gasteiger partial charge in [-0.05, 0) is 65.8 Å². The van der Waals surface area contributed by atoms with E-state index in [1.807, 2.05) is 41.5 Å². The van der Waals surface area contributed by atoms with Crippen molar-refractivity contribution in [2.75, 3.05) is 0 Å². The van der Waals surface area contributed by atoms with Gasteiger partial charge in [0.1, 0.15) is 0 Å². The Balaban J connectivity index is 1.91. The second-order valence-corrected chi connectivity index (χ2v) is 10.4. The predicted octanol–water partition coefficient (Wildman–Crippen LogP) is 3.19. The van der Waals surface area contributed by atoms with E-state index >= 15 is 0 Å². The van der Waals surface area contributed by atoms with Crippen LogP contribution in [0.5, 0.6) is 0 Å². The van der Waals surface area contributed by atoms with Gasteiger partial charge in [0.15, 0.2) is 0 Å². The van der Waals surface area contributed by atoms with Crippen LogP contribution < -0.4 is 5.46 Å². The van der Waals surface area contributed by atoms with Crippen LogP contribution in [0.25, 0.3) is 11.0 Å². The van der Waals surface area contributed by atoms with Crippen LogP contribution in [0.1, 0.15) is 39.0 Å². The van der Waals surface area contributed by atoms with Crippen molar-refractivity contribution in [2.24, 2.45) is 0 Å². The quantitative estimate of drug-likeness (QED) is 0.618. The summed E-state index contributed by atoms with van der Waals surface area (Å²) >= 11 is 0. The highest BCUT2D eigenvalue weighted by atomic mass is 32.2. The average molecular weight is 412 g/mol. The van der Waals surface area contributed by atoms with Crippen LogP contribution in [-0.2, 0) is 19.3 Å². The first-order valence-electron chi connectivity index (χ1n) is 9.59. The minimum absolute atomic E-state index is 0.223. The van der Waals surface area contributed by atoms with E-state index in [2.05, 4.69) is 4.98 Å². The molecule has 0 unspecified atom stereocenters. The topological polar surface area (TPSA) is 70.4 Å². The number of rotatable bonds is 3. The van der Waals surface area contributed by atoms with Gasteiger partial charge in [0.05, 0.1) is 27.1 Å². The lowest BCUT2D eigenvalue weighted by Gasteiger charge is -2.32. The molecular formula is C21H25BN2O4S.